The summed E-state index contributed by atoms with van der Waals surface area (Å²) >= 11 is 0. The molecule has 0 spiro atoms. The molecule has 0 fully saturated rings. The number of aromatic carboxylic acids is 1. The Bertz CT molecular complexity index is 623. The highest BCUT2D eigenvalue weighted by Crippen LogP contribution is 2.24. The quantitative estimate of drug-likeness (QED) is 0.815. The average Bonchev–Trinajstić information content (AvgIpc) is 2.48. The predicted molar refractivity (Wildman–Crippen MR) is 81.7 cm³/mol. The Kier molecular flexibility index (Phi) is 4.93. The molecule has 2 aromatic rings. The van der Waals surface area contributed by atoms with E-state index in [1.165, 1.54) is 23.8 Å². The molecule has 0 heterocycles. The van der Waals surface area contributed by atoms with E-state index in [0.29, 0.717) is 5.69 Å². The van der Waals surface area contributed by atoms with E-state index in [1.54, 1.807) is 0 Å². The van der Waals surface area contributed by atoms with Gasteiger partial charge in [0, 0.05) is 5.69 Å². The maximum absolute atomic E-state index is 13.8. The molecule has 110 valence electrons. The van der Waals surface area contributed by atoms with Crippen LogP contribution in [0.1, 0.15) is 35.7 Å². The van der Waals surface area contributed by atoms with Gasteiger partial charge in [0.2, 0.25) is 0 Å². The van der Waals surface area contributed by atoms with E-state index in [-0.39, 0.29) is 11.3 Å². The SMILES string of the molecule is CCCCc1ccc(Nc2c(F)cccc2C(=O)O)cc1. The highest BCUT2D eigenvalue weighted by Gasteiger charge is 2.14. The number of carboxylic acid groups (broad SMARTS) is 1. The summed E-state index contributed by atoms with van der Waals surface area (Å²) in [4.78, 5) is 11.1. The van der Waals surface area contributed by atoms with Gasteiger partial charge >= 0.3 is 5.97 Å². The summed E-state index contributed by atoms with van der Waals surface area (Å²) in [5, 5.41) is 12.0. The van der Waals surface area contributed by atoms with Crippen molar-refractivity contribution in [3.8, 4) is 0 Å². The summed E-state index contributed by atoms with van der Waals surface area (Å²) in [5.41, 5.74) is 1.80. The lowest BCUT2D eigenvalue weighted by Gasteiger charge is -2.11. The zero-order valence-electron chi connectivity index (χ0n) is 11.9. The number of hydrogen-bond donors (Lipinski definition) is 2. The second-order valence-electron chi connectivity index (χ2n) is 4.89. The van der Waals surface area contributed by atoms with Crippen molar-refractivity contribution in [3.05, 3.63) is 59.4 Å². The van der Waals surface area contributed by atoms with Gasteiger partial charge in [-0.3, -0.25) is 0 Å². The number of unbranched alkanes of at least 4 members (excludes halogenated alkanes) is 1. The Morgan fingerprint density at radius 1 is 1.19 bits per heavy atom. The molecule has 2 aromatic carbocycles. The number of carbonyl (C=O) groups is 1. The van der Waals surface area contributed by atoms with Crippen LogP contribution in [0.5, 0.6) is 0 Å². The Morgan fingerprint density at radius 3 is 2.52 bits per heavy atom. The summed E-state index contributed by atoms with van der Waals surface area (Å²) in [6.45, 7) is 2.14. The molecule has 4 heteroatoms. The fraction of sp³-hybridized carbons (Fsp3) is 0.235. The topological polar surface area (TPSA) is 49.3 Å². The number of para-hydroxylation sites is 1. The van der Waals surface area contributed by atoms with Crippen LogP contribution in [0.4, 0.5) is 15.8 Å². The van der Waals surface area contributed by atoms with Gasteiger partial charge in [0.25, 0.3) is 0 Å². The van der Waals surface area contributed by atoms with Crippen LogP contribution in [0.25, 0.3) is 0 Å². The van der Waals surface area contributed by atoms with Crippen LogP contribution >= 0.6 is 0 Å². The van der Waals surface area contributed by atoms with Gasteiger partial charge in [-0.1, -0.05) is 31.5 Å². The Hall–Kier alpha value is -2.36. The van der Waals surface area contributed by atoms with Gasteiger partial charge in [-0.2, -0.15) is 0 Å². The molecule has 0 saturated heterocycles. The molecule has 0 aromatic heterocycles. The number of hydrogen-bond acceptors (Lipinski definition) is 2. The van der Waals surface area contributed by atoms with Crippen LogP contribution in [0, 0.1) is 5.82 Å². The summed E-state index contributed by atoms with van der Waals surface area (Å²) < 4.78 is 13.8. The minimum atomic E-state index is -1.16. The number of carboxylic acids is 1. The minimum Gasteiger partial charge on any atom is -0.478 e. The van der Waals surface area contributed by atoms with Gasteiger partial charge in [0.15, 0.2) is 0 Å². The molecule has 0 saturated carbocycles. The van der Waals surface area contributed by atoms with Gasteiger partial charge in [0.1, 0.15) is 5.82 Å². The summed E-state index contributed by atoms with van der Waals surface area (Å²) in [6.07, 6.45) is 3.28. The number of anilines is 2. The fourth-order valence-electron chi connectivity index (χ4n) is 2.11. The fourth-order valence-corrected chi connectivity index (χ4v) is 2.11. The van der Waals surface area contributed by atoms with Crippen LogP contribution in [0.2, 0.25) is 0 Å². The number of rotatable bonds is 6. The number of benzene rings is 2. The molecule has 0 radical (unpaired) electrons. The van der Waals surface area contributed by atoms with Gasteiger partial charge in [-0.15, -0.1) is 0 Å². The van der Waals surface area contributed by atoms with Crippen molar-refractivity contribution >= 4 is 17.3 Å². The number of halogens is 1. The van der Waals surface area contributed by atoms with E-state index in [9.17, 15) is 9.18 Å². The number of nitrogens with one attached hydrogen (secondary N) is 1. The second-order valence-corrected chi connectivity index (χ2v) is 4.89. The first-order valence-corrected chi connectivity index (χ1v) is 6.99. The van der Waals surface area contributed by atoms with Crippen molar-refractivity contribution in [1.82, 2.24) is 0 Å². The van der Waals surface area contributed by atoms with Crippen LogP contribution in [0.3, 0.4) is 0 Å². The van der Waals surface area contributed by atoms with Crippen molar-refractivity contribution in [2.45, 2.75) is 26.2 Å². The van der Waals surface area contributed by atoms with Crippen molar-refractivity contribution < 1.29 is 14.3 Å². The molecule has 2 rings (SSSR count). The standard InChI is InChI=1S/C17H18FNO2/c1-2-3-5-12-8-10-13(11-9-12)19-16-14(17(20)21)6-4-7-15(16)18/h4,6-11,19H,2-3,5H2,1H3,(H,20,21). The van der Waals surface area contributed by atoms with Crippen LogP contribution in [-0.2, 0) is 6.42 Å². The van der Waals surface area contributed by atoms with Crippen molar-refractivity contribution in [1.29, 1.82) is 0 Å². The van der Waals surface area contributed by atoms with E-state index in [2.05, 4.69) is 12.2 Å². The molecule has 0 bridgehead atoms. The lowest BCUT2D eigenvalue weighted by Crippen LogP contribution is -2.04. The van der Waals surface area contributed by atoms with Crippen LogP contribution in [0.15, 0.2) is 42.5 Å². The first-order chi connectivity index (χ1) is 10.1. The van der Waals surface area contributed by atoms with Crippen molar-refractivity contribution in [3.63, 3.8) is 0 Å². The van der Waals surface area contributed by atoms with Gasteiger partial charge in [-0.25, -0.2) is 9.18 Å². The zero-order valence-corrected chi connectivity index (χ0v) is 11.9. The summed E-state index contributed by atoms with van der Waals surface area (Å²) in [6, 6.07) is 11.6. The first-order valence-electron chi connectivity index (χ1n) is 6.99. The molecule has 0 aliphatic rings. The first kappa shape index (κ1) is 15.0. The van der Waals surface area contributed by atoms with Crippen LogP contribution in [-0.4, -0.2) is 11.1 Å². The van der Waals surface area contributed by atoms with E-state index in [1.807, 2.05) is 24.3 Å². The maximum Gasteiger partial charge on any atom is 0.337 e. The van der Waals surface area contributed by atoms with Gasteiger partial charge < -0.3 is 10.4 Å². The van der Waals surface area contributed by atoms with Crippen molar-refractivity contribution in [2.24, 2.45) is 0 Å². The molecule has 2 N–H and O–H groups in total. The maximum atomic E-state index is 13.8. The Morgan fingerprint density at radius 2 is 1.90 bits per heavy atom. The molecule has 0 aliphatic carbocycles. The largest absolute Gasteiger partial charge is 0.478 e. The smallest absolute Gasteiger partial charge is 0.337 e. The monoisotopic (exact) mass is 287 g/mol. The third-order valence-electron chi connectivity index (χ3n) is 3.29. The lowest BCUT2D eigenvalue weighted by molar-refractivity contribution is 0.0697. The van der Waals surface area contributed by atoms with Gasteiger partial charge in [0.05, 0.1) is 11.3 Å². The molecule has 0 amide bonds. The number of aryl methyl sites for hydroxylation is 1. The summed E-state index contributed by atoms with van der Waals surface area (Å²) in [5.74, 6) is -1.73. The van der Waals surface area contributed by atoms with Crippen LogP contribution < -0.4 is 5.32 Å². The molecule has 0 aliphatic heterocycles. The molecule has 21 heavy (non-hydrogen) atoms. The minimum absolute atomic E-state index is 0.00805. The lowest BCUT2D eigenvalue weighted by atomic mass is 10.1. The third kappa shape index (κ3) is 3.81. The zero-order chi connectivity index (χ0) is 15.2. The molecule has 0 atom stereocenters. The predicted octanol–water partition coefficient (Wildman–Crippen LogP) is 4.61. The Labute approximate surface area is 123 Å². The normalized spacial score (nSPS) is 10.4. The molecule has 0 unspecified atom stereocenters. The highest BCUT2D eigenvalue weighted by molar-refractivity contribution is 5.95. The molecular weight excluding hydrogens is 269 g/mol. The molecular formula is C17H18FNO2. The third-order valence-corrected chi connectivity index (χ3v) is 3.29. The second kappa shape index (κ2) is 6.88. The van der Waals surface area contributed by atoms with E-state index >= 15 is 0 Å². The summed E-state index contributed by atoms with van der Waals surface area (Å²) in [7, 11) is 0. The Balaban J connectivity index is 2.20. The van der Waals surface area contributed by atoms with Crippen molar-refractivity contribution in [2.75, 3.05) is 5.32 Å². The molecule has 3 nitrogen and oxygen atoms in total. The van der Waals surface area contributed by atoms with E-state index in [0.717, 1.165) is 19.3 Å². The van der Waals surface area contributed by atoms with Gasteiger partial charge in [-0.05, 0) is 42.7 Å². The highest BCUT2D eigenvalue weighted by atomic mass is 19.1. The van der Waals surface area contributed by atoms with E-state index in [4.69, 9.17) is 5.11 Å². The van der Waals surface area contributed by atoms with E-state index < -0.39 is 11.8 Å². The average molecular weight is 287 g/mol.